The van der Waals surface area contributed by atoms with Crippen molar-refractivity contribution in [1.29, 1.82) is 0 Å². The normalized spacial score (nSPS) is 20.5. The van der Waals surface area contributed by atoms with Crippen molar-refractivity contribution in [3.8, 4) is 0 Å². The van der Waals surface area contributed by atoms with Crippen LogP contribution in [-0.2, 0) is 11.3 Å². The van der Waals surface area contributed by atoms with Gasteiger partial charge < -0.3 is 15.1 Å². The molecule has 0 unspecified atom stereocenters. The summed E-state index contributed by atoms with van der Waals surface area (Å²) in [6, 6.07) is 17.7. The molecule has 5 heteroatoms. The second-order valence-electron chi connectivity index (χ2n) is 6.40. The van der Waals surface area contributed by atoms with Crippen LogP contribution in [0.5, 0.6) is 0 Å². The highest BCUT2D eigenvalue weighted by atomic mass is 35.5. The molecule has 24 heavy (non-hydrogen) atoms. The van der Waals surface area contributed by atoms with Crippen LogP contribution in [0.25, 0.3) is 0 Å². The Kier molecular flexibility index (Phi) is 5.86. The Morgan fingerprint density at radius 1 is 0.958 bits per heavy atom. The molecule has 3 rings (SSSR count). The first-order chi connectivity index (χ1) is 11.7. The minimum atomic E-state index is 0.0921. The number of hydrogen-bond donors (Lipinski definition) is 3. The number of piperazine rings is 1. The van der Waals surface area contributed by atoms with E-state index in [-0.39, 0.29) is 5.91 Å². The van der Waals surface area contributed by atoms with Crippen LogP contribution in [0.4, 0.5) is 5.69 Å². The Morgan fingerprint density at radius 3 is 2.38 bits per heavy atom. The highest BCUT2D eigenvalue weighted by Gasteiger charge is 2.24. The van der Waals surface area contributed by atoms with Crippen LogP contribution in [0.1, 0.15) is 5.56 Å². The van der Waals surface area contributed by atoms with E-state index >= 15 is 0 Å². The average molecular weight is 346 g/mol. The number of amides is 1. The van der Waals surface area contributed by atoms with Crippen LogP contribution in [0.15, 0.2) is 54.6 Å². The van der Waals surface area contributed by atoms with Gasteiger partial charge in [0.05, 0.1) is 0 Å². The lowest BCUT2D eigenvalue weighted by Crippen LogP contribution is -3.28. The predicted octanol–water partition coefficient (Wildman–Crippen LogP) is 0.262. The first-order valence-electron chi connectivity index (χ1n) is 8.45. The van der Waals surface area contributed by atoms with E-state index in [0.29, 0.717) is 6.54 Å². The lowest BCUT2D eigenvalue weighted by Gasteiger charge is -2.29. The zero-order valence-corrected chi connectivity index (χ0v) is 14.5. The van der Waals surface area contributed by atoms with Gasteiger partial charge in [-0.05, 0) is 24.3 Å². The molecule has 2 aromatic rings. The number of quaternary nitrogens is 2. The van der Waals surface area contributed by atoms with Gasteiger partial charge in [-0.1, -0.05) is 41.9 Å². The van der Waals surface area contributed by atoms with Crippen LogP contribution in [0.2, 0.25) is 5.02 Å². The second kappa shape index (κ2) is 8.29. The zero-order valence-electron chi connectivity index (χ0n) is 13.7. The van der Waals surface area contributed by atoms with Crippen LogP contribution in [0, 0.1) is 0 Å². The van der Waals surface area contributed by atoms with E-state index in [1.165, 1.54) is 10.5 Å². The molecule has 0 bridgehead atoms. The van der Waals surface area contributed by atoms with Gasteiger partial charge >= 0.3 is 0 Å². The number of hydrogen-bond acceptors (Lipinski definition) is 1. The van der Waals surface area contributed by atoms with Crippen molar-refractivity contribution in [3.63, 3.8) is 0 Å². The molecule has 1 amide bonds. The van der Waals surface area contributed by atoms with Gasteiger partial charge in [-0.3, -0.25) is 4.79 Å². The van der Waals surface area contributed by atoms with E-state index in [1.54, 1.807) is 4.90 Å². The molecular formula is C19H24ClN3O+2. The standard InChI is InChI=1S/C19H22ClN3O/c20-17-6-4-5-16(13-17)14-22-9-11-23(12-10-22)15-19(24)21-18-7-2-1-3-8-18/h1-8,13H,9-12,14-15H2,(H,21,24)/p+2. The molecule has 0 aromatic heterocycles. The summed E-state index contributed by atoms with van der Waals surface area (Å²) >= 11 is 6.05. The summed E-state index contributed by atoms with van der Waals surface area (Å²) in [5.41, 5.74) is 2.15. The Hall–Kier alpha value is -1.88. The molecule has 4 nitrogen and oxygen atoms in total. The summed E-state index contributed by atoms with van der Waals surface area (Å²) in [5, 5.41) is 3.77. The molecule has 1 aliphatic heterocycles. The maximum absolute atomic E-state index is 12.1. The van der Waals surface area contributed by atoms with Crippen molar-refractivity contribution in [3.05, 3.63) is 65.2 Å². The molecule has 2 aromatic carbocycles. The highest BCUT2D eigenvalue weighted by Crippen LogP contribution is 2.09. The number of anilines is 1. The van der Waals surface area contributed by atoms with Gasteiger partial charge in [-0.2, -0.15) is 0 Å². The van der Waals surface area contributed by atoms with Crippen LogP contribution >= 0.6 is 11.6 Å². The molecule has 0 aliphatic carbocycles. The summed E-state index contributed by atoms with van der Waals surface area (Å²) in [6.07, 6.45) is 0. The summed E-state index contributed by atoms with van der Waals surface area (Å²) in [4.78, 5) is 15.1. The molecule has 1 fully saturated rings. The Balaban J connectivity index is 1.42. The molecule has 3 N–H and O–H groups in total. The fourth-order valence-electron chi connectivity index (χ4n) is 3.20. The molecule has 0 saturated carbocycles. The lowest BCUT2D eigenvalue weighted by molar-refractivity contribution is -1.02. The quantitative estimate of drug-likeness (QED) is 0.714. The minimum Gasteiger partial charge on any atom is -0.322 e. The van der Waals surface area contributed by atoms with Crippen molar-refractivity contribution < 1.29 is 14.6 Å². The summed E-state index contributed by atoms with van der Waals surface area (Å²) in [6.45, 7) is 5.76. The summed E-state index contributed by atoms with van der Waals surface area (Å²) in [5.74, 6) is 0.0921. The van der Waals surface area contributed by atoms with Gasteiger partial charge in [0.15, 0.2) is 6.54 Å². The molecule has 0 atom stereocenters. The SMILES string of the molecule is O=C(C[NH+]1CC[NH+](Cc2cccc(Cl)c2)CC1)Nc1ccccc1. The second-order valence-corrected chi connectivity index (χ2v) is 6.83. The topological polar surface area (TPSA) is 38.0 Å². The van der Waals surface area contributed by atoms with Gasteiger partial charge in [0.25, 0.3) is 5.91 Å². The average Bonchev–Trinajstić information content (AvgIpc) is 2.57. The van der Waals surface area contributed by atoms with Gasteiger partial charge in [0.2, 0.25) is 0 Å². The van der Waals surface area contributed by atoms with E-state index in [1.807, 2.05) is 48.5 Å². The molecule has 1 saturated heterocycles. The van der Waals surface area contributed by atoms with Crippen molar-refractivity contribution in [1.82, 2.24) is 0 Å². The van der Waals surface area contributed by atoms with E-state index < -0.39 is 0 Å². The Bertz CT molecular complexity index is 669. The molecule has 126 valence electrons. The number of para-hydroxylation sites is 1. The van der Waals surface area contributed by atoms with Crippen molar-refractivity contribution in [2.24, 2.45) is 0 Å². The molecule has 0 radical (unpaired) electrons. The Labute approximate surface area is 148 Å². The number of nitrogens with one attached hydrogen (secondary N) is 3. The van der Waals surface area contributed by atoms with E-state index in [0.717, 1.165) is 43.4 Å². The van der Waals surface area contributed by atoms with Gasteiger partial charge in [0.1, 0.15) is 32.7 Å². The summed E-state index contributed by atoms with van der Waals surface area (Å²) in [7, 11) is 0. The van der Waals surface area contributed by atoms with Crippen molar-refractivity contribution >= 4 is 23.2 Å². The maximum atomic E-state index is 12.1. The highest BCUT2D eigenvalue weighted by molar-refractivity contribution is 6.30. The third kappa shape index (κ3) is 5.06. The number of benzene rings is 2. The van der Waals surface area contributed by atoms with E-state index in [2.05, 4.69) is 11.4 Å². The molecule has 0 spiro atoms. The smallest absolute Gasteiger partial charge is 0.279 e. The Morgan fingerprint density at radius 2 is 1.67 bits per heavy atom. The largest absolute Gasteiger partial charge is 0.322 e. The number of rotatable bonds is 5. The third-order valence-corrected chi connectivity index (χ3v) is 4.71. The molecule has 1 heterocycles. The summed E-state index contributed by atoms with van der Waals surface area (Å²) < 4.78 is 0. The first-order valence-corrected chi connectivity index (χ1v) is 8.83. The number of carbonyl (C=O) groups is 1. The van der Waals surface area contributed by atoms with Crippen LogP contribution in [0.3, 0.4) is 0 Å². The predicted molar refractivity (Wildman–Crippen MR) is 96.5 cm³/mol. The monoisotopic (exact) mass is 345 g/mol. The van der Waals surface area contributed by atoms with E-state index in [4.69, 9.17) is 11.6 Å². The van der Waals surface area contributed by atoms with Gasteiger partial charge in [-0.25, -0.2) is 0 Å². The minimum absolute atomic E-state index is 0.0921. The molecule has 1 aliphatic rings. The van der Waals surface area contributed by atoms with Gasteiger partial charge in [0, 0.05) is 16.3 Å². The van der Waals surface area contributed by atoms with E-state index in [9.17, 15) is 4.79 Å². The lowest BCUT2D eigenvalue weighted by atomic mass is 10.2. The number of carbonyl (C=O) groups excluding carboxylic acids is 1. The maximum Gasteiger partial charge on any atom is 0.279 e. The fourth-order valence-corrected chi connectivity index (χ4v) is 3.41. The fraction of sp³-hybridized carbons (Fsp3) is 0.316. The first kappa shape index (κ1) is 17.0. The third-order valence-electron chi connectivity index (χ3n) is 4.48. The number of halogens is 1. The zero-order chi connectivity index (χ0) is 16.8. The van der Waals surface area contributed by atoms with Crippen molar-refractivity contribution in [2.75, 3.05) is 38.0 Å². The van der Waals surface area contributed by atoms with Crippen LogP contribution < -0.4 is 15.1 Å². The molecular weight excluding hydrogens is 322 g/mol. The van der Waals surface area contributed by atoms with Gasteiger partial charge in [-0.15, -0.1) is 0 Å². The van der Waals surface area contributed by atoms with Crippen molar-refractivity contribution in [2.45, 2.75) is 6.54 Å². The van der Waals surface area contributed by atoms with Crippen LogP contribution in [-0.4, -0.2) is 38.6 Å².